The second kappa shape index (κ2) is 9.59. The van der Waals surface area contributed by atoms with E-state index < -0.39 is 5.79 Å². The lowest BCUT2D eigenvalue weighted by Crippen LogP contribution is -2.60. The number of aromatic nitrogens is 2. The predicted octanol–water partition coefficient (Wildman–Crippen LogP) is 5.31. The van der Waals surface area contributed by atoms with Gasteiger partial charge in [0.15, 0.2) is 16.8 Å². The average molecular weight is 489 g/mol. The summed E-state index contributed by atoms with van der Waals surface area (Å²) in [7, 11) is 0. The summed E-state index contributed by atoms with van der Waals surface area (Å²) in [5.74, 6) is 0.197. The van der Waals surface area contributed by atoms with Gasteiger partial charge in [0.1, 0.15) is 12.0 Å². The van der Waals surface area contributed by atoms with Crippen LogP contribution < -0.4 is 10.6 Å². The van der Waals surface area contributed by atoms with E-state index in [0.29, 0.717) is 37.8 Å². The molecular formula is C26H37ClN4O3. The fraction of sp³-hybridized carbons (Fsp3) is 0.654. The summed E-state index contributed by atoms with van der Waals surface area (Å²) in [5.41, 5.74) is 8.78. The molecule has 2 heterocycles. The Morgan fingerprint density at radius 2 is 2.06 bits per heavy atom. The van der Waals surface area contributed by atoms with Gasteiger partial charge in [0.05, 0.1) is 13.2 Å². The van der Waals surface area contributed by atoms with Crippen LogP contribution in [0.25, 0.3) is 0 Å². The molecule has 34 heavy (non-hydrogen) atoms. The van der Waals surface area contributed by atoms with Gasteiger partial charge in [-0.15, -0.1) is 0 Å². The maximum Gasteiger partial charge on any atom is 0.214 e. The van der Waals surface area contributed by atoms with E-state index in [0.717, 1.165) is 44.9 Å². The van der Waals surface area contributed by atoms with Gasteiger partial charge in [0.2, 0.25) is 6.41 Å². The molecule has 7 nitrogen and oxygen atoms in total. The number of halogens is 1. The molecule has 0 bridgehead atoms. The molecule has 1 aliphatic heterocycles. The molecule has 2 aliphatic carbocycles. The Morgan fingerprint density at radius 1 is 1.32 bits per heavy atom. The van der Waals surface area contributed by atoms with Crippen LogP contribution in [0.3, 0.4) is 0 Å². The molecule has 1 aromatic heterocycles. The Labute approximate surface area is 207 Å². The third-order valence-electron chi connectivity index (χ3n) is 8.76. The van der Waals surface area contributed by atoms with Crippen molar-refractivity contribution in [1.82, 2.24) is 9.97 Å². The fourth-order valence-corrected chi connectivity index (χ4v) is 6.84. The topological polar surface area (TPSA) is 90.6 Å². The number of hydrogen-bond donors (Lipinski definition) is 1. The number of fused-ring (bicyclic) bond motifs is 2. The molecule has 2 N–H and O–H groups in total. The highest BCUT2D eigenvalue weighted by Crippen LogP contribution is 2.65. The number of nitrogens with zero attached hydrogens (tertiary/aromatic N) is 3. The predicted molar refractivity (Wildman–Crippen MR) is 134 cm³/mol. The molecule has 4 rings (SSSR count). The second-order valence-corrected chi connectivity index (χ2v) is 10.9. The zero-order valence-corrected chi connectivity index (χ0v) is 21.4. The number of ether oxygens (including phenoxy) is 2. The molecule has 2 saturated carbocycles. The number of anilines is 2. The summed E-state index contributed by atoms with van der Waals surface area (Å²) in [6, 6.07) is 0. The van der Waals surface area contributed by atoms with Crippen molar-refractivity contribution < 1.29 is 14.3 Å². The Kier molecular flexibility index (Phi) is 7.09. The number of hydrogen-bond acceptors (Lipinski definition) is 6. The third kappa shape index (κ3) is 4.16. The molecule has 3 fully saturated rings. The number of allylic oxidation sites excluding steroid dienone is 2. The van der Waals surface area contributed by atoms with Crippen molar-refractivity contribution >= 4 is 29.5 Å². The summed E-state index contributed by atoms with van der Waals surface area (Å²) >= 11 is 6.17. The van der Waals surface area contributed by atoms with E-state index in [-0.39, 0.29) is 21.8 Å². The van der Waals surface area contributed by atoms with Gasteiger partial charge in [0.25, 0.3) is 0 Å². The highest BCUT2D eigenvalue weighted by molar-refractivity contribution is 6.32. The van der Waals surface area contributed by atoms with Crippen LogP contribution in [0.2, 0.25) is 5.15 Å². The van der Waals surface area contributed by atoms with Crippen LogP contribution in [0.15, 0.2) is 30.1 Å². The molecule has 1 spiro atoms. The number of rotatable bonds is 7. The van der Waals surface area contributed by atoms with Crippen LogP contribution in [0.4, 0.5) is 11.5 Å². The summed E-state index contributed by atoms with van der Waals surface area (Å²) < 4.78 is 12.6. The monoisotopic (exact) mass is 488 g/mol. The average Bonchev–Trinajstić information content (AvgIpc) is 3.29. The quantitative estimate of drug-likeness (QED) is 0.318. The summed E-state index contributed by atoms with van der Waals surface area (Å²) in [6.07, 6.45) is 11.2. The van der Waals surface area contributed by atoms with Crippen LogP contribution in [0.1, 0.15) is 65.7 Å². The molecule has 1 aromatic rings. The smallest absolute Gasteiger partial charge is 0.214 e. The van der Waals surface area contributed by atoms with Gasteiger partial charge in [-0.25, -0.2) is 9.97 Å². The summed E-state index contributed by atoms with van der Waals surface area (Å²) in [6.45, 7) is 13.2. The van der Waals surface area contributed by atoms with Crippen molar-refractivity contribution in [1.29, 1.82) is 0 Å². The zero-order valence-electron chi connectivity index (χ0n) is 20.6. The Hall–Kier alpha value is -1.96. The Morgan fingerprint density at radius 3 is 2.74 bits per heavy atom. The van der Waals surface area contributed by atoms with Gasteiger partial charge in [0, 0.05) is 18.4 Å². The third-order valence-corrected chi connectivity index (χ3v) is 9.03. The van der Waals surface area contributed by atoms with Crippen molar-refractivity contribution in [2.75, 3.05) is 30.4 Å². The highest BCUT2D eigenvalue weighted by Gasteiger charge is 2.63. The first-order valence-electron chi connectivity index (χ1n) is 12.3. The Bertz CT molecular complexity index is 957. The van der Waals surface area contributed by atoms with Crippen molar-refractivity contribution in [2.45, 2.75) is 71.5 Å². The SMILES string of the molecule is C=C1CC[C@@]2(C)[C@@H](CCCC23OCCO3)[C@]1(C)C/C=C(\C)CCN(C=O)c1c(N)ncnc1Cl. The standard InChI is InChI=1S/C26H37ClN4O3/c1-18(9-13-31(17-32)21-22(27)29-16-30-23(21)28)7-11-24(3)19(2)8-12-25(4)20(24)6-5-10-26(25)33-14-15-34-26/h7,16-17,20H,2,5-6,8-15H2,1,3-4H3,(H2,28,29,30)/b18-7+/t20-,24+,25-/m0/s1. The van der Waals surface area contributed by atoms with Crippen LogP contribution >= 0.6 is 11.6 Å². The molecule has 8 heteroatoms. The molecule has 1 saturated heterocycles. The van der Waals surface area contributed by atoms with Crippen molar-refractivity contribution in [3.63, 3.8) is 0 Å². The largest absolute Gasteiger partial charge is 0.382 e. The van der Waals surface area contributed by atoms with E-state index >= 15 is 0 Å². The fourth-order valence-electron chi connectivity index (χ4n) is 6.59. The van der Waals surface area contributed by atoms with Gasteiger partial charge in [-0.05, 0) is 56.8 Å². The van der Waals surface area contributed by atoms with Crippen molar-refractivity contribution in [3.05, 3.63) is 35.3 Å². The van der Waals surface area contributed by atoms with Crippen molar-refractivity contribution in [2.24, 2.45) is 16.7 Å². The minimum Gasteiger partial charge on any atom is -0.382 e. The van der Waals surface area contributed by atoms with Crippen molar-refractivity contribution in [3.8, 4) is 0 Å². The maximum atomic E-state index is 11.7. The zero-order chi connectivity index (χ0) is 24.6. The lowest BCUT2D eigenvalue weighted by Gasteiger charge is -2.61. The van der Waals surface area contributed by atoms with Crippen LogP contribution in [0.5, 0.6) is 0 Å². The van der Waals surface area contributed by atoms with E-state index in [4.69, 9.17) is 26.8 Å². The molecular weight excluding hydrogens is 452 g/mol. The lowest BCUT2D eigenvalue weighted by atomic mass is 9.47. The van der Waals surface area contributed by atoms with Gasteiger partial charge in [-0.2, -0.15) is 0 Å². The molecule has 0 unspecified atom stereocenters. The molecule has 3 aliphatic rings. The first kappa shape index (κ1) is 25.1. The van der Waals surface area contributed by atoms with E-state index in [1.165, 1.54) is 22.4 Å². The Balaban J connectivity index is 1.49. The number of amides is 1. The molecule has 186 valence electrons. The van der Waals surface area contributed by atoms with E-state index in [9.17, 15) is 4.79 Å². The number of carbonyl (C=O) groups excluding carboxylic acids is 1. The minimum atomic E-state index is -0.446. The molecule has 3 atom stereocenters. The lowest BCUT2D eigenvalue weighted by molar-refractivity contribution is -0.285. The molecule has 1 amide bonds. The molecule has 0 radical (unpaired) electrons. The second-order valence-electron chi connectivity index (χ2n) is 10.5. The van der Waals surface area contributed by atoms with Gasteiger partial charge >= 0.3 is 0 Å². The maximum absolute atomic E-state index is 11.7. The highest BCUT2D eigenvalue weighted by atomic mass is 35.5. The first-order valence-corrected chi connectivity index (χ1v) is 12.6. The number of carbonyl (C=O) groups is 1. The van der Waals surface area contributed by atoms with Crippen LogP contribution in [-0.4, -0.2) is 41.9 Å². The number of nitrogens with two attached hydrogens (primary N) is 1. The first-order chi connectivity index (χ1) is 16.2. The van der Waals surface area contributed by atoms with Gasteiger partial charge < -0.3 is 20.1 Å². The summed E-state index contributed by atoms with van der Waals surface area (Å²) in [4.78, 5) is 21.1. The van der Waals surface area contributed by atoms with Gasteiger partial charge in [-0.3, -0.25) is 4.79 Å². The van der Waals surface area contributed by atoms with Gasteiger partial charge in [-0.1, -0.05) is 49.2 Å². The van der Waals surface area contributed by atoms with Crippen LogP contribution in [-0.2, 0) is 14.3 Å². The van der Waals surface area contributed by atoms with Crippen LogP contribution in [0, 0.1) is 16.7 Å². The molecule has 0 aromatic carbocycles. The number of nitrogen functional groups attached to an aromatic ring is 1. The van der Waals surface area contributed by atoms with E-state index in [1.807, 2.05) is 0 Å². The minimum absolute atomic E-state index is 0.0185. The summed E-state index contributed by atoms with van der Waals surface area (Å²) in [5, 5.41) is 0.175. The van der Waals surface area contributed by atoms with E-state index in [2.05, 4.69) is 43.4 Å². The van der Waals surface area contributed by atoms with E-state index in [1.54, 1.807) is 0 Å². The normalized spacial score (nSPS) is 30.9.